The van der Waals surface area contributed by atoms with Crippen LogP contribution in [-0.4, -0.2) is 51.1 Å². The molecule has 2 aliphatic heterocycles. The average molecular weight is 359 g/mol. The van der Waals surface area contributed by atoms with Crippen molar-refractivity contribution in [3.8, 4) is 0 Å². The summed E-state index contributed by atoms with van der Waals surface area (Å²) in [5.41, 5.74) is 3.01. The van der Waals surface area contributed by atoms with Gasteiger partial charge in [0, 0.05) is 30.4 Å². The van der Waals surface area contributed by atoms with Gasteiger partial charge in [0.15, 0.2) is 5.82 Å². The van der Waals surface area contributed by atoms with Crippen LogP contribution in [0.1, 0.15) is 23.4 Å². The fourth-order valence-electron chi connectivity index (χ4n) is 3.56. The van der Waals surface area contributed by atoms with E-state index in [1.807, 2.05) is 5.51 Å². The van der Waals surface area contributed by atoms with Crippen LogP contribution in [0.25, 0.3) is 0 Å². The minimum Gasteiger partial charge on any atom is -0.364 e. The first kappa shape index (κ1) is 16.6. The molecule has 0 aliphatic carbocycles. The Balaban J connectivity index is 1.33. The number of ether oxygens (including phenoxy) is 1. The summed E-state index contributed by atoms with van der Waals surface area (Å²) < 4.78 is 6.06. The average Bonchev–Trinajstić information content (AvgIpc) is 3.22. The number of amides is 1. The third-order valence-electron chi connectivity index (χ3n) is 4.95. The molecule has 0 spiro atoms. The first-order valence-corrected chi connectivity index (χ1v) is 9.40. The van der Waals surface area contributed by atoms with Gasteiger partial charge in [-0.05, 0) is 32.2 Å². The van der Waals surface area contributed by atoms with Crippen LogP contribution in [0.3, 0.4) is 0 Å². The second-order valence-electron chi connectivity index (χ2n) is 6.62. The molecule has 1 amide bonds. The van der Waals surface area contributed by atoms with E-state index in [0.29, 0.717) is 11.7 Å². The van der Waals surface area contributed by atoms with E-state index >= 15 is 0 Å². The molecule has 25 heavy (non-hydrogen) atoms. The Morgan fingerprint density at radius 3 is 3.12 bits per heavy atom. The van der Waals surface area contributed by atoms with Gasteiger partial charge in [0.05, 0.1) is 23.5 Å². The lowest BCUT2D eigenvalue weighted by atomic mass is 9.91. The van der Waals surface area contributed by atoms with Crippen LogP contribution >= 0.6 is 11.3 Å². The second-order valence-corrected chi connectivity index (χ2v) is 7.56. The molecule has 2 aromatic heterocycles. The van der Waals surface area contributed by atoms with E-state index in [4.69, 9.17) is 4.74 Å². The van der Waals surface area contributed by atoms with Gasteiger partial charge in [-0.1, -0.05) is 0 Å². The Labute approximate surface area is 150 Å². The van der Waals surface area contributed by atoms with Crippen molar-refractivity contribution >= 4 is 23.1 Å². The Morgan fingerprint density at radius 2 is 2.36 bits per heavy atom. The normalized spacial score (nSPS) is 26.4. The van der Waals surface area contributed by atoms with Gasteiger partial charge >= 0.3 is 0 Å². The molecule has 2 aliphatic rings. The van der Waals surface area contributed by atoms with Gasteiger partial charge in [-0.2, -0.15) is 0 Å². The lowest BCUT2D eigenvalue weighted by Crippen LogP contribution is -2.41. The van der Waals surface area contributed by atoms with Gasteiger partial charge in [0.1, 0.15) is 6.10 Å². The molecule has 4 rings (SSSR count). The van der Waals surface area contributed by atoms with Crippen LogP contribution < -0.4 is 5.32 Å². The summed E-state index contributed by atoms with van der Waals surface area (Å²) in [5.74, 6) is 0.796. The number of rotatable bonds is 4. The standard InChI is InChI=1S/C17H21N5O2S/c1-11-15(25-10-20-11)9-22-5-2-12-6-13(24-14(12)8-22)17(23)21-16-7-18-3-4-19-16/h3-4,7,10,12-14H,2,5-6,8-9H2,1H3,(H,19,21,23)/t12-,13+,14+/m0/s1. The van der Waals surface area contributed by atoms with Crippen molar-refractivity contribution in [3.05, 3.63) is 34.7 Å². The molecule has 0 unspecified atom stereocenters. The molecule has 0 aromatic carbocycles. The number of nitrogens with zero attached hydrogens (tertiary/aromatic N) is 4. The summed E-state index contributed by atoms with van der Waals surface area (Å²) in [5, 5.41) is 2.79. The predicted molar refractivity (Wildman–Crippen MR) is 94.2 cm³/mol. The maximum Gasteiger partial charge on any atom is 0.254 e. The quantitative estimate of drug-likeness (QED) is 0.897. The highest BCUT2D eigenvalue weighted by Crippen LogP contribution is 2.34. The first-order chi connectivity index (χ1) is 12.2. The number of carbonyl (C=O) groups is 1. The van der Waals surface area contributed by atoms with E-state index in [1.54, 1.807) is 29.9 Å². The number of anilines is 1. The zero-order chi connectivity index (χ0) is 17.2. The van der Waals surface area contributed by atoms with Crippen LogP contribution in [0, 0.1) is 12.8 Å². The minimum atomic E-state index is -0.401. The Kier molecular flexibility index (Phi) is 4.74. The second kappa shape index (κ2) is 7.15. The molecule has 3 atom stereocenters. The van der Waals surface area contributed by atoms with Gasteiger partial charge in [0.2, 0.25) is 0 Å². The van der Waals surface area contributed by atoms with E-state index in [2.05, 4.69) is 32.1 Å². The van der Waals surface area contributed by atoms with Gasteiger partial charge < -0.3 is 10.1 Å². The number of carbonyl (C=O) groups excluding carboxylic acids is 1. The van der Waals surface area contributed by atoms with Crippen molar-refractivity contribution in [2.45, 2.75) is 38.5 Å². The zero-order valence-corrected chi connectivity index (χ0v) is 14.9. The number of aromatic nitrogens is 3. The first-order valence-electron chi connectivity index (χ1n) is 8.52. The molecule has 2 fully saturated rings. The number of aryl methyl sites for hydroxylation is 1. The summed E-state index contributed by atoms with van der Waals surface area (Å²) in [7, 11) is 0. The van der Waals surface area contributed by atoms with Gasteiger partial charge in [-0.15, -0.1) is 11.3 Å². The van der Waals surface area contributed by atoms with E-state index in [-0.39, 0.29) is 12.0 Å². The lowest BCUT2D eigenvalue weighted by molar-refractivity contribution is -0.127. The smallest absolute Gasteiger partial charge is 0.254 e. The van der Waals surface area contributed by atoms with E-state index in [0.717, 1.165) is 38.2 Å². The number of thiazole rings is 1. The highest BCUT2D eigenvalue weighted by atomic mass is 32.1. The maximum absolute atomic E-state index is 12.4. The SMILES string of the molecule is Cc1ncsc1CN1CC[C@H]2C[C@H](C(=O)Nc3cnccn3)O[C@@H]2C1. The fraction of sp³-hybridized carbons (Fsp3) is 0.529. The summed E-state index contributed by atoms with van der Waals surface area (Å²) in [6.45, 7) is 4.88. The number of nitrogens with one attached hydrogen (secondary N) is 1. The summed E-state index contributed by atoms with van der Waals surface area (Å²) >= 11 is 1.70. The van der Waals surface area contributed by atoms with Crippen molar-refractivity contribution in [2.75, 3.05) is 18.4 Å². The number of hydrogen-bond donors (Lipinski definition) is 1. The highest BCUT2D eigenvalue weighted by Gasteiger charge is 2.42. The number of piperidine rings is 1. The molecule has 2 saturated heterocycles. The topological polar surface area (TPSA) is 80.2 Å². The monoisotopic (exact) mass is 359 g/mol. The predicted octanol–water partition coefficient (Wildman–Crippen LogP) is 1.86. The fourth-order valence-corrected chi connectivity index (χ4v) is 4.38. The number of likely N-dealkylation sites (tertiary alicyclic amines) is 1. The summed E-state index contributed by atoms with van der Waals surface area (Å²) in [6, 6.07) is 0. The van der Waals surface area contributed by atoms with Gasteiger partial charge in [0.25, 0.3) is 5.91 Å². The van der Waals surface area contributed by atoms with E-state index in [9.17, 15) is 4.79 Å². The third-order valence-corrected chi connectivity index (χ3v) is 5.87. The lowest BCUT2D eigenvalue weighted by Gasteiger charge is -2.33. The summed E-state index contributed by atoms with van der Waals surface area (Å²) in [6.07, 6.45) is 6.25. The van der Waals surface area contributed by atoms with E-state index in [1.165, 1.54) is 4.88 Å². The molecule has 0 saturated carbocycles. The largest absolute Gasteiger partial charge is 0.364 e. The van der Waals surface area contributed by atoms with Crippen molar-refractivity contribution in [1.29, 1.82) is 0 Å². The Bertz CT molecular complexity index is 738. The van der Waals surface area contributed by atoms with Crippen LogP contribution in [0.5, 0.6) is 0 Å². The maximum atomic E-state index is 12.4. The van der Waals surface area contributed by atoms with Crippen molar-refractivity contribution in [2.24, 2.45) is 5.92 Å². The number of hydrogen-bond acceptors (Lipinski definition) is 7. The molecule has 0 bridgehead atoms. The highest BCUT2D eigenvalue weighted by molar-refractivity contribution is 7.09. The molecule has 8 heteroatoms. The molecule has 0 radical (unpaired) electrons. The van der Waals surface area contributed by atoms with Crippen LogP contribution in [0.4, 0.5) is 5.82 Å². The van der Waals surface area contributed by atoms with Crippen molar-refractivity contribution in [1.82, 2.24) is 19.9 Å². The van der Waals surface area contributed by atoms with Gasteiger partial charge in [-0.3, -0.25) is 14.7 Å². The van der Waals surface area contributed by atoms with Crippen LogP contribution in [0.2, 0.25) is 0 Å². The van der Waals surface area contributed by atoms with Gasteiger partial charge in [-0.25, -0.2) is 9.97 Å². The van der Waals surface area contributed by atoms with Crippen LogP contribution in [0.15, 0.2) is 24.1 Å². The molecule has 4 heterocycles. The molecule has 1 N–H and O–H groups in total. The molecular weight excluding hydrogens is 338 g/mol. The van der Waals surface area contributed by atoms with E-state index < -0.39 is 6.10 Å². The molecule has 132 valence electrons. The number of fused-ring (bicyclic) bond motifs is 1. The van der Waals surface area contributed by atoms with Crippen LogP contribution in [-0.2, 0) is 16.1 Å². The summed E-state index contributed by atoms with van der Waals surface area (Å²) in [4.78, 5) is 28.5. The molecular formula is C17H21N5O2S. The van der Waals surface area contributed by atoms with Crippen molar-refractivity contribution in [3.63, 3.8) is 0 Å². The Hall–Kier alpha value is -1.90. The third kappa shape index (κ3) is 3.70. The minimum absolute atomic E-state index is 0.125. The molecule has 2 aromatic rings. The molecule has 7 nitrogen and oxygen atoms in total. The zero-order valence-electron chi connectivity index (χ0n) is 14.1. The van der Waals surface area contributed by atoms with Crippen molar-refractivity contribution < 1.29 is 9.53 Å². The Morgan fingerprint density at radius 1 is 1.44 bits per heavy atom.